The molecular formula is C33H40N2O8. The number of carboxylic acids is 2. The molecule has 5 aliphatic rings. The minimum Gasteiger partial charge on any atom is -0.504 e. The molecular weight excluding hydrogens is 552 g/mol. The molecule has 0 aromatic heterocycles. The van der Waals surface area contributed by atoms with Crippen LogP contribution in [-0.2, 0) is 26.8 Å². The zero-order valence-electron chi connectivity index (χ0n) is 24.8. The molecule has 230 valence electrons. The van der Waals surface area contributed by atoms with Crippen LogP contribution in [0.4, 0.5) is 0 Å². The molecule has 43 heavy (non-hydrogen) atoms. The van der Waals surface area contributed by atoms with Crippen molar-refractivity contribution in [2.24, 2.45) is 5.92 Å². The molecule has 3 aliphatic carbocycles. The summed E-state index contributed by atoms with van der Waals surface area (Å²) < 4.78 is 6.57. The number of nitrogens with zero attached hydrogens (tertiary/aromatic N) is 1. The number of benzene rings is 2. The van der Waals surface area contributed by atoms with Gasteiger partial charge in [0.25, 0.3) is 5.91 Å². The number of nitrogens with one attached hydrogen (secondary N) is 1. The van der Waals surface area contributed by atoms with Crippen LogP contribution >= 0.6 is 0 Å². The van der Waals surface area contributed by atoms with Gasteiger partial charge in [0.15, 0.2) is 11.5 Å². The molecule has 2 aliphatic heterocycles. The molecule has 2 aromatic rings. The van der Waals surface area contributed by atoms with E-state index in [0.29, 0.717) is 24.2 Å². The highest BCUT2D eigenvalue weighted by Crippen LogP contribution is 2.65. The summed E-state index contributed by atoms with van der Waals surface area (Å²) in [5.74, 6) is -2.36. The molecule has 2 heterocycles. The van der Waals surface area contributed by atoms with Gasteiger partial charge >= 0.3 is 11.9 Å². The summed E-state index contributed by atoms with van der Waals surface area (Å²) in [6.45, 7) is 8.45. The van der Waals surface area contributed by atoms with Crippen LogP contribution in [0.15, 0.2) is 36.4 Å². The average molecular weight is 593 g/mol. The number of carboxylic acid groups (broad SMARTS) is 2. The third-order valence-corrected chi connectivity index (χ3v) is 10.3. The van der Waals surface area contributed by atoms with Crippen LogP contribution in [0.25, 0.3) is 0 Å². The van der Waals surface area contributed by atoms with Crippen LogP contribution in [0.1, 0.15) is 79.9 Å². The first kappa shape index (κ1) is 29.4. The third-order valence-electron chi connectivity index (χ3n) is 10.3. The van der Waals surface area contributed by atoms with Crippen LogP contribution in [0, 0.1) is 5.92 Å². The maximum Gasteiger partial charge on any atom is 0.414 e. The van der Waals surface area contributed by atoms with Gasteiger partial charge in [-0.1, -0.05) is 39.0 Å². The topological polar surface area (TPSA) is 157 Å². The highest BCUT2D eigenvalue weighted by Gasteiger charge is 2.73. The van der Waals surface area contributed by atoms with Crippen molar-refractivity contribution in [2.45, 2.75) is 93.9 Å². The number of amides is 1. The number of aromatic hydroxyl groups is 1. The van der Waals surface area contributed by atoms with E-state index in [1.54, 1.807) is 6.07 Å². The van der Waals surface area contributed by atoms with Crippen molar-refractivity contribution in [1.82, 2.24) is 10.2 Å². The van der Waals surface area contributed by atoms with E-state index in [9.17, 15) is 15.0 Å². The number of carbonyl (C=O) groups is 3. The zero-order chi connectivity index (χ0) is 30.9. The first-order valence-corrected chi connectivity index (χ1v) is 15.1. The number of hydrogen-bond donors (Lipinski definition) is 5. The molecule has 7 rings (SSSR count). The Balaban J connectivity index is 0.000000501. The largest absolute Gasteiger partial charge is 0.504 e. The Bertz CT molecular complexity index is 1450. The summed E-state index contributed by atoms with van der Waals surface area (Å²) in [5, 5.41) is 41.4. The number of phenols is 1. The number of hydrogen-bond acceptors (Lipinski definition) is 7. The molecule has 2 aromatic carbocycles. The predicted molar refractivity (Wildman–Crippen MR) is 156 cm³/mol. The van der Waals surface area contributed by atoms with Crippen molar-refractivity contribution >= 4 is 17.8 Å². The highest BCUT2D eigenvalue weighted by atomic mass is 16.5. The lowest BCUT2D eigenvalue weighted by Gasteiger charge is -2.64. The second-order valence-corrected chi connectivity index (χ2v) is 13.8. The second-order valence-electron chi connectivity index (χ2n) is 13.8. The third kappa shape index (κ3) is 4.75. The molecule has 2 saturated carbocycles. The number of rotatable bonds is 4. The lowest BCUT2D eigenvalue weighted by Crippen LogP contribution is -2.78. The number of carbonyl (C=O) groups excluding carboxylic acids is 1. The molecule has 3 fully saturated rings. The number of aliphatic hydroxyl groups is 1. The summed E-state index contributed by atoms with van der Waals surface area (Å²) in [6, 6.07) is 11.4. The molecule has 10 heteroatoms. The van der Waals surface area contributed by atoms with Gasteiger partial charge in [-0.25, -0.2) is 9.59 Å². The minimum absolute atomic E-state index is 0.0249. The fraction of sp³-hybridized carbons (Fsp3) is 0.545. The Labute approximate surface area is 250 Å². The van der Waals surface area contributed by atoms with Crippen molar-refractivity contribution in [3.63, 3.8) is 0 Å². The Morgan fingerprint density at radius 3 is 2.28 bits per heavy atom. The molecule has 5 atom stereocenters. The fourth-order valence-electron chi connectivity index (χ4n) is 8.00. The maximum atomic E-state index is 13.4. The van der Waals surface area contributed by atoms with Gasteiger partial charge in [-0.2, -0.15) is 0 Å². The predicted octanol–water partition coefficient (Wildman–Crippen LogP) is 3.21. The summed E-state index contributed by atoms with van der Waals surface area (Å²) in [5.41, 5.74) is 2.46. The molecule has 1 saturated heterocycles. The number of piperidine rings is 1. The Hall–Kier alpha value is -3.63. The van der Waals surface area contributed by atoms with Gasteiger partial charge in [0.1, 0.15) is 6.10 Å². The molecule has 5 N–H and O–H groups in total. The lowest BCUT2D eigenvalue weighted by atomic mass is 9.48. The van der Waals surface area contributed by atoms with Crippen LogP contribution in [0.2, 0.25) is 0 Å². The van der Waals surface area contributed by atoms with Crippen LogP contribution in [-0.4, -0.2) is 80.1 Å². The molecule has 0 radical (unpaired) electrons. The SMILES string of the molecule is CC(C)(C)c1ccc(C(=O)N[C@@H]2CC[C@@]3(O)[C@H]4Cc5ccc(O)c6c5[C@@]3(CCN4CC3CC3)[C@H]2O6)cc1.O=C(O)C(=O)O. The van der Waals surface area contributed by atoms with E-state index in [2.05, 4.69) is 31.0 Å². The van der Waals surface area contributed by atoms with Crippen molar-refractivity contribution in [2.75, 3.05) is 13.1 Å². The van der Waals surface area contributed by atoms with E-state index < -0.39 is 29.1 Å². The minimum atomic E-state index is -1.82. The monoisotopic (exact) mass is 592 g/mol. The molecule has 0 unspecified atom stereocenters. The number of phenolic OH excluding ortho intramolecular Hbond substituents is 1. The molecule has 1 amide bonds. The van der Waals surface area contributed by atoms with Gasteiger partial charge < -0.3 is 30.5 Å². The summed E-state index contributed by atoms with van der Waals surface area (Å²) >= 11 is 0. The second kappa shape index (κ2) is 10.2. The quantitative estimate of drug-likeness (QED) is 0.337. The molecule has 2 bridgehead atoms. The number of aliphatic carboxylic acids is 2. The Morgan fingerprint density at radius 2 is 1.67 bits per heavy atom. The summed E-state index contributed by atoms with van der Waals surface area (Å²) in [4.78, 5) is 34.1. The Kier molecular flexibility index (Phi) is 7.01. The number of ether oxygens (including phenoxy) is 1. The van der Waals surface area contributed by atoms with Gasteiger partial charge in [0, 0.05) is 23.7 Å². The van der Waals surface area contributed by atoms with Crippen LogP contribution < -0.4 is 10.1 Å². The van der Waals surface area contributed by atoms with Crippen molar-refractivity contribution in [3.8, 4) is 11.5 Å². The normalized spacial score (nSPS) is 30.3. The van der Waals surface area contributed by atoms with Crippen LogP contribution in [0.3, 0.4) is 0 Å². The molecule has 10 nitrogen and oxygen atoms in total. The highest BCUT2D eigenvalue weighted by molar-refractivity contribution is 6.27. The van der Waals surface area contributed by atoms with Crippen molar-refractivity contribution < 1.29 is 39.5 Å². The fourth-order valence-corrected chi connectivity index (χ4v) is 8.00. The Morgan fingerprint density at radius 1 is 1.00 bits per heavy atom. The van der Waals surface area contributed by atoms with E-state index in [-0.39, 0.29) is 29.2 Å². The summed E-state index contributed by atoms with van der Waals surface area (Å²) in [6.07, 6.45) is 4.98. The van der Waals surface area contributed by atoms with Gasteiger partial charge in [-0.3, -0.25) is 9.69 Å². The van der Waals surface area contributed by atoms with Crippen molar-refractivity contribution in [3.05, 3.63) is 58.7 Å². The van der Waals surface area contributed by atoms with Gasteiger partial charge in [-0.15, -0.1) is 0 Å². The summed E-state index contributed by atoms with van der Waals surface area (Å²) in [7, 11) is 0. The van der Waals surface area contributed by atoms with Gasteiger partial charge in [0.05, 0.1) is 17.1 Å². The van der Waals surface area contributed by atoms with E-state index >= 15 is 0 Å². The van der Waals surface area contributed by atoms with Crippen molar-refractivity contribution in [1.29, 1.82) is 0 Å². The van der Waals surface area contributed by atoms with E-state index in [1.807, 2.05) is 30.3 Å². The van der Waals surface area contributed by atoms with Crippen LogP contribution in [0.5, 0.6) is 11.5 Å². The number of likely N-dealkylation sites (tertiary alicyclic amines) is 1. The lowest BCUT2D eigenvalue weighted by molar-refractivity contribution is -0.191. The van der Waals surface area contributed by atoms with E-state index in [0.717, 1.165) is 37.4 Å². The van der Waals surface area contributed by atoms with E-state index in [1.165, 1.54) is 24.0 Å². The first-order valence-electron chi connectivity index (χ1n) is 15.1. The standard InChI is InChI=1S/C31H38N2O4.C2H2O4/c1-29(2,3)21-9-6-19(7-10-21)28(35)32-22-12-13-31(36)24-16-20-8-11-23(34)26-25(20)30(31,27(22)37-26)14-15-33(24)17-18-4-5-18;3-1(4)2(5)6/h6-11,18,22,24,27,34,36H,4-5,12-17H2,1-3H3,(H,32,35);(H,3,4)(H,5,6)/t22-,24-,27+,30+,31-;/m1./s1. The smallest absolute Gasteiger partial charge is 0.414 e. The average Bonchev–Trinajstić information content (AvgIpc) is 3.69. The molecule has 1 spiro atoms. The first-order chi connectivity index (χ1) is 20.3. The van der Waals surface area contributed by atoms with Gasteiger partial charge in [0.2, 0.25) is 0 Å². The maximum absolute atomic E-state index is 13.4. The van der Waals surface area contributed by atoms with E-state index in [4.69, 9.17) is 24.5 Å². The van der Waals surface area contributed by atoms with Gasteiger partial charge in [-0.05, 0) is 85.7 Å². The zero-order valence-corrected chi connectivity index (χ0v) is 24.8.